The third-order valence-corrected chi connectivity index (χ3v) is 1.86. The first-order valence-corrected chi connectivity index (χ1v) is 4.78. The Labute approximate surface area is 99.5 Å². The molecule has 0 saturated heterocycles. The number of benzene rings is 1. The molecule has 0 aliphatic carbocycles. The molecule has 0 amide bonds. The minimum absolute atomic E-state index is 0.274. The van der Waals surface area contributed by atoms with E-state index >= 15 is 0 Å². The fourth-order valence-corrected chi connectivity index (χ4v) is 1.14. The van der Waals surface area contributed by atoms with Crippen molar-refractivity contribution in [2.24, 2.45) is 5.10 Å². The zero-order valence-electron chi connectivity index (χ0n) is 8.87. The SMILES string of the molecule is FC(F)(F)Oc1ccc(/C=N\n2cnnc2)cc1. The summed E-state index contributed by atoms with van der Waals surface area (Å²) in [5.74, 6) is -0.274. The van der Waals surface area contributed by atoms with Gasteiger partial charge in [0, 0.05) is 0 Å². The summed E-state index contributed by atoms with van der Waals surface area (Å²) in [5.41, 5.74) is 0.623. The van der Waals surface area contributed by atoms with E-state index in [2.05, 4.69) is 20.0 Å². The number of rotatable bonds is 3. The normalized spacial score (nSPS) is 11.9. The molecule has 0 fully saturated rings. The fourth-order valence-electron chi connectivity index (χ4n) is 1.14. The molecule has 0 N–H and O–H groups in total. The smallest absolute Gasteiger partial charge is 0.406 e. The van der Waals surface area contributed by atoms with Crippen LogP contribution in [0.4, 0.5) is 13.2 Å². The van der Waals surface area contributed by atoms with Crippen molar-refractivity contribution in [1.29, 1.82) is 0 Å². The second-order valence-corrected chi connectivity index (χ2v) is 3.20. The van der Waals surface area contributed by atoms with Crippen LogP contribution in [0.3, 0.4) is 0 Å². The molecule has 0 atom stereocenters. The Kier molecular flexibility index (Phi) is 3.26. The van der Waals surface area contributed by atoms with Gasteiger partial charge >= 0.3 is 6.36 Å². The Hall–Kier alpha value is -2.38. The van der Waals surface area contributed by atoms with Gasteiger partial charge in [0.05, 0.1) is 6.21 Å². The van der Waals surface area contributed by atoms with E-state index in [-0.39, 0.29) is 5.75 Å². The summed E-state index contributed by atoms with van der Waals surface area (Å²) in [6.45, 7) is 0. The van der Waals surface area contributed by atoms with Crippen LogP contribution in [0.15, 0.2) is 42.0 Å². The maximum atomic E-state index is 11.9. The van der Waals surface area contributed by atoms with E-state index in [1.165, 1.54) is 47.8 Å². The second-order valence-electron chi connectivity index (χ2n) is 3.20. The minimum Gasteiger partial charge on any atom is -0.406 e. The first-order chi connectivity index (χ1) is 8.53. The molecular formula is C10H7F3N4O. The van der Waals surface area contributed by atoms with Gasteiger partial charge in [-0.25, -0.2) is 4.68 Å². The number of hydrogen-bond acceptors (Lipinski definition) is 4. The predicted octanol–water partition coefficient (Wildman–Crippen LogP) is 2.06. The molecule has 0 radical (unpaired) electrons. The molecule has 1 aromatic heterocycles. The van der Waals surface area contributed by atoms with E-state index in [0.29, 0.717) is 5.56 Å². The highest BCUT2D eigenvalue weighted by Crippen LogP contribution is 2.22. The van der Waals surface area contributed by atoms with Gasteiger partial charge in [0.25, 0.3) is 0 Å². The largest absolute Gasteiger partial charge is 0.573 e. The number of aromatic nitrogens is 3. The number of nitrogens with zero attached hydrogens (tertiary/aromatic N) is 4. The predicted molar refractivity (Wildman–Crippen MR) is 56.1 cm³/mol. The first kappa shape index (κ1) is 12.1. The lowest BCUT2D eigenvalue weighted by Crippen LogP contribution is -2.17. The van der Waals surface area contributed by atoms with Crippen LogP contribution in [-0.4, -0.2) is 27.5 Å². The van der Waals surface area contributed by atoms with E-state index in [1.54, 1.807) is 0 Å². The third kappa shape index (κ3) is 3.58. The van der Waals surface area contributed by atoms with Crippen molar-refractivity contribution in [2.45, 2.75) is 6.36 Å². The Morgan fingerprint density at radius 1 is 1.11 bits per heavy atom. The van der Waals surface area contributed by atoms with Gasteiger partial charge in [-0.2, -0.15) is 5.10 Å². The van der Waals surface area contributed by atoms with Crippen LogP contribution in [0, 0.1) is 0 Å². The van der Waals surface area contributed by atoms with Gasteiger partial charge < -0.3 is 4.74 Å². The molecule has 18 heavy (non-hydrogen) atoms. The minimum atomic E-state index is -4.68. The van der Waals surface area contributed by atoms with E-state index in [1.807, 2.05) is 0 Å². The molecule has 5 nitrogen and oxygen atoms in total. The highest BCUT2D eigenvalue weighted by atomic mass is 19.4. The molecular weight excluding hydrogens is 249 g/mol. The summed E-state index contributed by atoms with van der Waals surface area (Å²) in [6.07, 6.45) is -0.450. The highest BCUT2D eigenvalue weighted by molar-refractivity contribution is 5.79. The van der Waals surface area contributed by atoms with Crippen LogP contribution in [-0.2, 0) is 0 Å². The number of alkyl halides is 3. The molecule has 0 aliphatic rings. The summed E-state index contributed by atoms with van der Waals surface area (Å²) in [7, 11) is 0. The maximum absolute atomic E-state index is 11.9. The van der Waals surface area contributed by atoms with Crippen molar-refractivity contribution in [3.05, 3.63) is 42.5 Å². The highest BCUT2D eigenvalue weighted by Gasteiger charge is 2.30. The Balaban J connectivity index is 2.04. The van der Waals surface area contributed by atoms with E-state index < -0.39 is 6.36 Å². The van der Waals surface area contributed by atoms with Gasteiger partial charge in [0.1, 0.15) is 18.4 Å². The zero-order valence-corrected chi connectivity index (χ0v) is 8.87. The number of ether oxygens (including phenoxy) is 1. The van der Waals surface area contributed by atoms with Crippen molar-refractivity contribution in [1.82, 2.24) is 14.9 Å². The summed E-state index contributed by atoms with van der Waals surface area (Å²) >= 11 is 0. The maximum Gasteiger partial charge on any atom is 0.573 e. The molecule has 0 saturated carbocycles. The van der Waals surface area contributed by atoms with Crippen molar-refractivity contribution in [3.8, 4) is 5.75 Å². The quantitative estimate of drug-likeness (QED) is 0.790. The summed E-state index contributed by atoms with van der Waals surface area (Å²) < 4.78 is 40.8. The Morgan fingerprint density at radius 3 is 2.28 bits per heavy atom. The van der Waals surface area contributed by atoms with Crippen molar-refractivity contribution in [2.75, 3.05) is 0 Å². The van der Waals surface area contributed by atoms with Crippen LogP contribution in [0.2, 0.25) is 0 Å². The summed E-state index contributed by atoms with van der Waals surface area (Å²) in [5, 5.41) is 11.0. The van der Waals surface area contributed by atoms with Crippen LogP contribution in [0.25, 0.3) is 0 Å². The molecule has 2 aromatic rings. The lowest BCUT2D eigenvalue weighted by Gasteiger charge is -2.08. The lowest BCUT2D eigenvalue weighted by molar-refractivity contribution is -0.274. The van der Waals surface area contributed by atoms with Gasteiger partial charge in [-0.15, -0.1) is 23.4 Å². The molecule has 0 unspecified atom stereocenters. The topological polar surface area (TPSA) is 52.3 Å². The van der Waals surface area contributed by atoms with Crippen molar-refractivity contribution in [3.63, 3.8) is 0 Å². The molecule has 94 valence electrons. The first-order valence-electron chi connectivity index (χ1n) is 4.78. The van der Waals surface area contributed by atoms with Crippen LogP contribution < -0.4 is 4.74 Å². The monoisotopic (exact) mass is 256 g/mol. The molecule has 8 heteroatoms. The van der Waals surface area contributed by atoms with Gasteiger partial charge in [0.15, 0.2) is 0 Å². The van der Waals surface area contributed by atoms with Crippen molar-refractivity contribution < 1.29 is 17.9 Å². The van der Waals surface area contributed by atoms with E-state index in [9.17, 15) is 13.2 Å². The molecule has 1 aromatic carbocycles. The van der Waals surface area contributed by atoms with Gasteiger partial charge in [-0.3, -0.25) is 0 Å². The fraction of sp³-hybridized carbons (Fsp3) is 0.100. The Morgan fingerprint density at radius 2 is 1.72 bits per heavy atom. The lowest BCUT2D eigenvalue weighted by atomic mass is 10.2. The Bertz CT molecular complexity index is 519. The molecule has 2 rings (SSSR count). The molecule has 1 heterocycles. The van der Waals surface area contributed by atoms with E-state index in [0.717, 1.165) is 0 Å². The second kappa shape index (κ2) is 4.86. The number of halogens is 3. The molecule has 0 bridgehead atoms. The average Bonchev–Trinajstić information content (AvgIpc) is 2.79. The van der Waals surface area contributed by atoms with Crippen LogP contribution in [0.5, 0.6) is 5.75 Å². The van der Waals surface area contributed by atoms with Crippen LogP contribution in [0.1, 0.15) is 5.56 Å². The van der Waals surface area contributed by atoms with Crippen LogP contribution >= 0.6 is 0 Å². The number of hydrogen-bond donors (Lipinski definition) is 0. The molecule has 0 aliphatic heterocycles. The average molecular weight is 256 g/mol. The van der Waals surface area contributed by atoms with E-state index in [4.69, 9.17) is 0 Å². The standard InChI is InChI=1S/C10H7F3N4O/c11-10(12,13)18-9-3-1-8(2-4-9)5-16-17-6-14-15-7-17/h1-7H/b16-5-. The van der Waals surface area contributed by atoms with Gasteiger partial charge in [-0.05, 0) is 29.8 Å². The third-order valence-electron chi connectivity index (χ3n) is 1.86. The molecule has 0 spiro atoms. The van der Waals surface area contributed by atoms with Gasteiger partial charge in [-0.1, -0.05) is 0 Å². The zero-order chi connectivity index (χ0) is 13.0. The van der Waals surface area contributed by atoms with Crippen molar-refractivity contribution >= 4 is 6.21 Å². The summed E-state index contributed by atoms with van der Waals surface area (Å²) in [4.78, 5) is 0. The van der Waals surface area contributed by atoms with Gasteiger partial charge in [0.2, 0.25) is 0 Å². The summed E-state index contributed by atoms with van der Waals surface area (Å²) in [6, 6.07) is 5.33.